The third-order valence-corrected chi connectivity index (χ3v) is 8.65. The lowest BCUT2D eigenvalue weighted by Crippen LogP contribution is -2.16. The average Bonchev–Trinajstić information content (AvgIpc) is 3.66. The highest BCUT2D eigenvalue weighted by Crippen LogP contribution is 2.42. The van der Waals surface area contributed by atoms with Crippen LogP contribution in [0.25, 0.3) is 11.6 Å². The molecular weight excluding hydrogens is 677 g/mol. The topological polar surface area (TPSA) is 197 Å². The second-order valence-corrected chi connectivity index (χ2v) is 12.3. The molecule has 1 aromatic carbocycles. The van der Waals surface area contributed by atoms with Gasteiger partial charge in [-0.2, -0.15) is 10.2 Å². The highest BCUT2D eigenvalue weighted by molar-refractivity contribution is 7.15. The Labute approximate surface area is 293 Å². The molecule has 50 heavy (non-hydrogen) atoms. The van der Waals surface area contributed by atoms with Crippen molar-refractivity contribution in [3.05, 3.63) is 119 Å². The number of pyridine rings is 2. The van der Waals surface area contributed by atoms with Crippen molar-refractivity contribution in [3.8, 4) is 11.6 Å². The minimum Gasteiger partial charge on any atom is -0.296 e. The maximum atomic E-state index is 12.6. The first-order chi connectivity index (χ1) is 24.6. The molecule has 2 amide bonds. The molecule has 1 aliphatic rings. The van der Waals surface area contributed by atoms with Gasteiger partial charge in [0.2, 0.25) is 10.3 Å². The van der Waals surface area contributed by atoms with Crippen LogP contribution in [-0.4, -0.2) is 71.7 Å². The van der Waals surface area contributed by atoms with E-state index in [2.05, 4.69) is 61.2 Å². The summed E-state index contributed by atoms with van der Waals surface area (Å²) in [5, 5.41) is 32.6. The first-order valence-corrected chi connectivity index (χ1v) is 17.2. The van der Waals surface area contributed by atoms with Gasteiger partial charge in [0.15, 0.2) is 11.6 Å². The zero-order valence-electron chi connectivity index (χ0n) is 26.9. The SMILES string of the molecule is CC.O=C(Nc1nnc(C2CC2)s1)c1cccnc1-n1cncn1.O=C(Nc1nnc(Cc2ccccc2)s1)c1cccnc1-n1cncn1. The molecule has 2 N–H and O–H groups in total. The summed E-state index contributed by atoms with van der Waals surface area (Å²) in [5.74, 6) is 0.719. The Morgan fingerprint density at radius 2 is 1.28 bits per heavy atom. The molecule has 1 fully saturated rings. The van der Waals surface area contributed by atoms with Crippen LogP contribution in [0.15, 0.2) is 92.3 Å². The van der Waals surface area contributed by atoms with Gasteiger partial charge >= 0.3 is 0 Å². The van der Waals surface area contributed by atoms with E-state index in [9.17, 15) is 9.59 Å². The second-order valence-electron chi connectivity index (χ2n) is 10.2. The van der Waals surface area contributed by atoms with Gasteiger partial charge in [-0.15, -0.1) is 20.4 Å². The Balaban J connectivity index is 0.000000167. The fraction of sp³-hybridized carbons (Fsp3) is 0.188. The molecule has 1 saturated carbocycles. The predicted molar refractivity (Wildman–Crippen MR) is 187 cm³/mol. The number of benzene rings is 1. The van der Waals surface area contributed by atoms with Crippen LogP contribution < -0.4 is 10.6 Å². The van der Waals surface area contributed by atoms with Gasteiger partial charge < -0.3 is 0 Å². The van der Waals surface area contributed by atoms with Crippen LogP contribution in [0.5, 0.6) is 0 Å². The minimum absolute atomic E-state index is 0.294. The maximum Gasteiger partial charge on any atom is 0.261 e. The second kappa shape index (κ2) is 16.3. The van der Waals surface area contributed by atoms with Gasteiger partial charge in [-0.25, -0.2) is 29.3 Å². The molecule has 16 nitrogen and oxygen atoms in total. The molecule has 0 radical (unpaired) electrons. The van der Waals surface area contributed by atoms with E-state index in [1.54, 1.807) is 36.7 Å². The molecule has 0 unspecified atom stereocenters. The van der Waals surface area contributed by atoms with Crippen LogP contribution in [-0.2, 0) is 6.42 Å². The average molecular weight is 707 g/mol. The normalized spacial score (nSPS) is 11.8. The van der Waals surface area contributed by atoms with Crippen molar-refractivity contribution < 1.29 is 9.59 Å². The predicted octanol–water partition coefficient (Wildman–Crippen LogP) is 5.03. The number of carbonyl (C=O) groups excluding carboxylic acids is 2. The van der Waals surface area contributed by atoms with Crippen molar-refractivity contribution in [1.82, 2.24) is 59.9 Å². The highest BCUT2D eigenvalue weighted by Gasteiger charge is 2.28. The van der Waals surface area contributed by atoms with Gasteiger partial charge in [0.25, 0.3) is 11.8 Å². The Hall–Kier alpha value is -6.14. The van der Waals surface area contributed by atoms with Gasteiger partial charge in [-0.3, -0.25) is 20.2 Å². The summed E-state index contributed by atoms with van der Waals surface area (Å²) >= 11 is 2.77. The lowest BCUT2D eigenvalue weighted by Gasteiger charge is -2.06. The molecule has 6 heterocycles. The zero-order valence-corrected chi connectivity index (χ0v) is 28.5. The summed E-state index contributed by atoms with van der Waals surface area (Å²) < 4.78 is 2.89. The van der Waals surface area contributed by atoms with Crippen LogP contribution in [0, 0.1) is 0 Å². The number of anilines is 2. The van der Waals surface area contributed by atoms with E-state index in [1.165, 1.54) is 57.3 Å². The Bertz CT molecular complexity index is 2130. The van der Waals surface area contributed by atoms with E-state index in [-0.39, 0.29) is 11.8 Å². The van der Waals surface area contributed by atoms with Crippen molar-refractivity contribution in [2.75, 3.05) is 10.6 Å². The number of hydrogen-bond donors (Lipinski definition) is 2. The first kappa shape index (κ1) is 33.7. The van der Waals surface area contributed by atoms with Crippen molar-refractivity contribution in [2.24, 2.45) is 0 Å². The molecule has 252 valence electrons. The fourth-order valence-electron chi connectivity index (χ4n) is 4.40. The summed E-state index contributed by atoms with van der Waals surface area (Å²) in [4.78, 5) is 41.2. The molecule has 18 heteroatoms. The summed E-state index contributed by atoms with van der Waals surface area (Å²) in [6.45, 7) is 4.00. The standard InChI is InChI=1S/C17H13N7OS.C13H11N7OS.C2H6/c25-16(13-7-4-8-19-15(13)24-11-18-10-20-24)21-17-23-22-14(26-17)9-12-5-2-1-3-6-12;21-11(17-13-19-18-12(22-13)8-3-4-8)9-2-1-5-15-10(9)20-7-14-6-16-20;1-2/h1-8,10-11H,9H2,(H,21,23,25);1-2,5-8H,3-4H2,(H,17,19,21);1-2H3. The van der Waals surface area contributed by atoms with Gasteiger partial charge in [-0.05, 0) is 42.7 Å². The number of rotatable bonds is 9. The van der Waals surface area contributed by atoms with E-state index in [0.29, 0.717) is 45.4 Å². The molecule has 7 aromatic rings. The maximum absolute atomic E-state index is 12.6. The van der Waals surface area contributed by atoms with Crippen LogP contribution in [0.2, 0.25) is 0 Å². The van der Waals surface area contributed by atoms with E-state index in [4.69, 9.17) is 0 Å². The summed E-state index contributed by atoms with van der Waals surface area (Å²) in [6.07, 6.45) is 11.9. The number of carbonyl (C=O) groups is 2. The minimum atomic E-state index is -0.328. The van der Waals surface area contributed by atoms with E-state index in [1.807, 2.05) is 44.2 Å². The molecule has 1 aliphatic carbocycles. The molecule has 6 aromatic heterocycles. The van der Waals surface area contributed by atoms with E-state index >= 15 is 0 Å². The number of nitrogens with one attached hydrogen (secondary N) is 2. The van der Waals surface area contributed by atoms with Gasteiger partial charge in [0.1, 0.15) is 35.3 Å². The highest BCUT2D eigenvalue weighted by atomic mass is 32.1. The lowest BCUT2D eigenvalue weighted by molar-refractivity contribution is 0.101. The zero-order chi connectivity index (χ0) is 34.7. The van der Waals surface area contributed by atoms with Gasteiger partial charge in [0.05, 0.1) is 11.1 Å². The summed E-state index contributed by atoms with van der Waals surface area (Å²) in [6, 6.07) is 16.7. The number of nitrogens with zero attached hydrogens (tertiary/aromatic N) is 12. The molecular formula is C32H30N14O2S2. The third-order valence-electron chi connectivity index (χ3n) is 6.81. The lowest BCUT2D eigenvalue weighted by atomic mass is 10.2. The van der Waals surface area contributed by atoms with Gasteiger partial charge in [-0.1, -0.05) is 66.9 Å². The van der Waals surface area contributed by atoms with Crippen LogP contribution in [0.3, 0.4) is 0 Å². The van der Waals surface area contributed by atoms with Crippen molar-refractivity contribution in [2.45, 2.75) is 39.0 Å². The Morgan fingerprint density at radius 3 is 1.82 bits per heavy atom. The van der Waals surface area contributed by atoms with Crippen LogP contribution >= 0.6 is 22.7 Å². The van der Waals surface area contributed by atoms with E-state index < -0.39 is 0 Å². The Kier molecular flexibility index (Phi) is 11.0. The van der Waals surface area contributed by atoms with Crippen molar-refractivity contribution >= 4 is 44.8 Å². The molecule has 0 spiro atoms. The summed E-state index contributed by atoms with van der Waals surface area (Å²) in [7, 11) is 0. The van der Waals surface area contributed by atoms with Gasteiger partial charge in [0, 0.05) is 24.7 Å². The molecule has 0 saturated heterocycles. The monoisotopic (exact) mass is 706 g/mol. The number of amides is 2. The van der Waals surface area contributed by atoms with E-state index in [0.717, 1.165) is 28.4 Å². The largest absolute Gasteiger partial charge is 0.296 e. The first-order valence-electron chi connectivity index (χ1n) is 15.5. The molecule has 0 bridgehead atoms. The number of hydrogen-bond acceptors (Lipinski definition) is 14. The smallest absolute Gasteiger partial charge is 0.261 e. The van der Waals surface area contributed by atoms with Crippen LogP contribution in [0.4, 0.5) is 10.3 Å². The summed E-state index contributed by atoms with van der Waals surface area (Å²) in [5.41, 5.74) is 1.91. The molecule has 0 atom stereocenters. The third kappa shape index (κ3) is 8.47. The quantitative estimate of drug-likeness (QED) is 0.203. The Morgan fingerprint density at radius 1 is 0.720 bits per heavy atom. The molecule has 8 rings (SSSR count). The van der Waals surface area contributed by atoms with Crippen LogP contribution in [0.1, 0.15) is 68.9 Å². The number of aromatic nitrogens is 12. The van der Waals surface area contributed by atoms with Crippen molar-refractivity contribution in [1.29, 1.82) is 0 Å². The fourth-order valence-corrected chi connectivity index (χ4v) is 6.08. The van der Waals surface area contributed by atoms with Crippen molar-refractivity contribution in [3.63, 3.8) is 0 Å². The molecule has 0 aliphatic heterocycles.